The van der Waals surface area contributed by atoms with Gasteiger partial charge < -0.3 is 4.57 Å². The van der Waals surface area contributed by atoms with Gasteiger partial charge in [0.05, 0.1) is 5.56 Å². The minimum atomic E-state index is -0.0669. The average molecular weight is 176 g/mol. The molecule has 0 aliphatic carbocycles. The van der Waals surface area contributed by atoms with E-state index in [1.165, 1.54) is 10.6 Å². The molecule has 1 aromatic heterocycles. The molecule has 0 saturated carbocycles. The fraction of sp³-hybridized carbons (Fsp3) is 0.400. The van der Waals surface area contributed by atoms with Crippen molar-refractivity contribution < 1.29 is 0 Å². The van der Waals surface area contributed by atoms with Crippen LogP contribution in [0.2, 0.25) is 0 Å². The molecule has 0 N–H and O–H groups in total. The average Bonchev–Trinajstić information content (AvgIpc) is 2.08. The number of rotatable bonds is 1. The molecule has 1 aromatic rings. The number of pyridine rings is 1. The normalized spacial score (nSPS) is 10.1. The third-order valence-corrected chi connectivity index (χ3v) is 2.00. The minimum Gasteiger partial charge on any atom is -0.317 e. The molecule has 13 heavy (non-hydrogen) atoms. The number of nitrogens with zero attached hydrogens (tertiary/aromatic N) is 2. The molecule has 0 saturated heterocycles. The van der Waals surface area contributed by atoms with Crippen LogP contribution in [0.15, 0.2) is 17.1 Å². The summed E-state index contributed by atoms with van der Waals surface area (Å²) in [6, 6.07) is 3.62. The second-order valence-corrected chi connectivity index (χ2v) is 3.36. The Balaban J connectivity index is 3.44. The van der Waals surface area contributed by atoms with Crippen LogP contribution in [0.4, 0.5) is 0 Å². The molecule has 0 unspecified atom stereocenters. The standard InChI is InChI=1S/C10H12N2O/c1-7(2)9-4-10(13)12(3)6-8(9)5-11/h4,6-7H,1-3H3. The molecule has 0 spiro atoms. The Morgan fingerprint density at radius 3 is 2.62 bits per heavy atom. The smallest absolute Gasteiger partial charge is 0.250 e. The molecule has 0 atom stereocenters. The molecule has 68 valence electrons. The van der Waals surface area contributed by atoms with Crippen molar-refractivity contribution in [2.45, 2.75) is 19.8 Å². The van der Waals surface area contributed by atoms with Gasteiger partial charge in [-0.05, 0) is 11.5 Å². The maximum Gasteiger partial charge on any atom is 0.250 e. The lowest BCUT2D eigenvalue weighted by molar-refractivity contribution is 0.807. The summed E-state index contributed by atoms with van der Waals surface area (Å²) < 4.78 is 1.42. The first-order valence-electron chi connectivity index (χ1n) is 4.17. The van der Waals surface area contributed by atoms with Crippen molar-refractivity contribution in [2.75, 3.05) is 0 Å². The van der Waals surface area contributed by atoms with Crippen LogP contribution in [0.1, 0.15) is 30.9 Å². The Morgan fingerprint density at radius 1 is 1.54 bits per heavy atom. The lowest BCUT2D eigenvalue weighted by atomic mass is 10.00. The fourth-order valence-electron chi connectivity index (χ4n) is 1.22. The van der Waals surface area contributed by atoms with E-state index in [0.717, 1.165) is 5.56 Å². The Kier molecular flexibility index (Phi) is 2.52. The summed E-state index contributed by atoms with van der Waals surface area (Å²) >= 11 is 0. The SMILES string of the molecule is CC(C)c1cc(=O)n(C)cc1C#N. The number of hydrogen-bond acceptors (Lipinski definition) is 2. The lowest BCUT2D eigenvalue weighted by Gasteiger charge is -2.08. The molecule has 0 fully saturated rings. The van der Waals surface area contributed by atoms with E-state index < -0.39 is 0 Å². The number of aromatic nitrogens is 1. The first kappa shape index (κ1) is 9.53. The van der Waals surface area contributed by atoms with Crippen molar-refractivity contribution in [2.24, 2.45) is 7.05 Å². The zero-order chi connectivity index (χ0) is 10.0. The zero-order valence-electron chi connectivity index (χ0n) is 8.03. The van der Waals surface area contributed by atoms with Gasteiger partial charge in [0, 0.05) is 19.3 Å². The maximum atomic E-state index is 11.3. The van der Waals surface area contributed by atoms with Gasteiger partial charge in [0.2, 0.25) is 0 Å². The molecule has 1 heterocycles. The van der Waals surface area contributed by atoms with E-state index in [2.05, 4.69) is 6.07 Å². The van der Waals surface area contributed by atoms with Crippen LogP contribution in [-0.2, 0) is 7.05 Å². The van der Waals surface area contributed by atoms with E-state index in [9.17, 15) is 4.79 Å². The van der Waals surface area contributed by atoms with Crippen molar-refractivity contribution in [3.63, 3.8) is 0 Å². The van der Waals surface area contributed by atoms with Crippen molar-refractivity contribution in [3.8, 4) is 6.07 Å². The highest BCUT2D eigenvalue weighted by Gasteiger charge is 2.07. The summed E-state index contributed by atoms with van der Waals surface area (Å²) in [5.41, 5.74) is 1.34. The van der Waals surface area contributed by atoms with Crippen LogP contribution in [0, 0.1) is 11.3 Å². The van der Waals surface area contributed by atoms with Gasteiger partial charge in [0.1, 0.15) is 6.07 Å². The minimum absolute atomic E-state index is 0.0669. The second-order valence-electron chi connectivity index (χ2n) is 3.36. The number of nitriles is 1. The van der Waals surface area contributed by atoms with Gasteiger partial charge in [-0.25, -0.2) is 0 Å². The summed E-state index contributed by atoms with van der Waals surface area (Å²) in [5.74, 6) is 0.212. The molecule has 0 aromatic carbocycles. The molecule has 1 rings (SSSR count). The van der Waals surface area contributed by atoms with E-state index >= 15 is 0 Å². The molecular weight excluding hydrogens is 164 g/mol. The quantitative estimate of drug-likeness (QED) is 0.649. The summed E-state index contributed by atoms with van der Waals surface area (Å²) in [6.07, 6.45) is 1.58. The summed E-state index contributed by atoms with van der Waals surface area (Å²) in [7, 11) is 1.65. The van der Waals surface area contributed by atoms with Crippen LogP contribution < -0.4 is 5.56 Å². The highest BCUT2D eigenvalue weighted by Crippen LogP contribution is 2.15. The Hall–Kier alpha value is -1.56. The number of hydrogen-bond donors (Lipinski definition) is 0. The van der Waals surface area contributed by atoms with Crippen molar-refractivity contribution in [3.05, 3.63) is 33.7 Å². The van der Waals surface area contributed by atoms with Crippen LogP contribution >= 0.6 is 0 Å². The Morgan fingerprint density at radius 2 is 2.15 bits per heavy atom. The molecule has 3 nitrogen and oxygen atoms in total. The zero-order valence-corrected chi connectivity index (χ0v) is 8.03. The van der Waals surface area contributed by atoms with Crippen LogP contribution in [0.3, 0.4) is 0 Å². The predicted molar refractivity (Wildman–Crippen MR) is 50.5 cm³/mol. The molecule has 0 bridgehead atoms. The lowest BCUT2D eigenvalue weighted by Crippen LogP contribution is -2.17. The van der Waals surface area contributed by atoms with E-state index in [0.29, 0.717) is 5.56 Å². The van der Waals surface area contributed by atoms with E-state index in [-0.39, 0.29) is 11.5 Å². The molecule has 0 aliphatic heterocycles. The molecule has 0 aliphatic rings. The maximum absolute atomic E-state index is 11.3. The van der Waals surface area contributed by atoms with Gasteiger partial charge in [-0.15, -0.1) is 0 Å². The fourth-order valence-corrected chi connectivity index (χ4v) is 1.22. The highest BCUT2D eigenvalue weighted by atomic mass is 16.1. The second kappa shape index (κ2) is 3.44. The van der Waals surface area contributed by atoms with Gasteiger partial charge in [-0.3, -0.25) is 4.79 Å². The van der Waals surface area contributed by atoms with Crippen LogP contribution in [0.25, 0.3) is 0 Å². The van der Waals surface area contributed by atoms with Crippen LogP contribution in [-0.4, -0.2) is 4.57 Å². The Labute approximate surface area is 77.2 Å². The van der Waals surface area contributed by atoms with Crippen molar-refractivity contribution in [1.29, 1.82) is 5.26 Å². The molecule has 0 radical (unpaired) electrons. The first-order chi connectivity index (χ1) is 6.06. The summed E-state index contributed by atoms with van der Waals surface area (Å²) in [4.78, 5) is 11.3. The number of aryl methyl sites for hydroxylation is 1. The predicted octanol–water partition coefficient (Wildman–Crippen LogP) is 1.38. The van der Waals surface area contributed by atoms with E-state index in [1.54, 1.807) is 13.2 Å². The van der Waals surface area contributed by atoms with Gasteiger partial charge in [0.15, 0.2) is 0 Å². The molecule has 3 heteroatoms. The van der Waals surface area contributed by atoms with Gasteiger partial charge >= 0.3 is 0 Å². The molecular formula is C10H12N2O. The van der Waals surface area contributed by atoms with Gasteiger partial charge in [-0.2, -0.15) is 5.26 Å². The van der Waals surface area contributed by atoms with Crippen molar-refractivity contribution >= 4 is 0 Å². The summed E-state index contributed by atoms with van der Waals surface area (Å²) in [6.45, 7) is 3.94. The van der Waals surface area contributed by atoms with E-state index in [1.807, 2.05) is 13.8 Å². The van der Waals surface area contributed by atoms with E-state index in [4.69, 9.17) is 5.26 Å². The van der Waals surface area contributed by atoms with Gasteiger partial charge in [0.25, 0.3) is 5.56 Å². The van der Waals surface area contributed by atoms with Gasteiger partial charge in [-0.1, -0.05) is 13.8 Å². The topological polar surface area (TPSA) is 45.8 Å². The summed E-state index contributed by atoms with van der Waals surface area (Å²) in [5, 5.41) is 8.82. The highest BCUT2D eigenvalue weighted by molar-refractivity contribution is 5.36. The third kappa shape index (κ3) is 1.78. The molecule has 0 amide bonds. The largest absolute Gasteiger partial charge is 0.317 e. The monoisotopic (exact) mass is 176 g/mol. The van der Waals surface area contributed by atoms with Crippen LogP contribution in [0.5, 0.6) is 0 Å². The Bertz CT molecular complexity index is 410. The first-order valence-corrected chi connectivity index (χ1v) is 4.17. The van der Waals surface area contributed by atoms with Crippen molar-refractivity contribution in [1.82, 2.24) is 4.57 Å². The third-order valence-electron chi connectivity index (χ3n) is 2.00.